The number of methoxy groups -OCH3 is 2. The molecule has 10 atom stereocenters. The van der Waals surface area contributed by atoms with Gasteiger partial charge in [0.15, 0.2) is 5.79 Å². The highest BCUT2D eigenvalue weighted by molar-refractivity contribution is 5.89. The first-order chi connectivity index (χ1) is 25.6. The van der Waals surface area contributed by atoms with E-state index >= 15 is 0 Å². The van der Waals surface area contributed by atoms with Crippen LogP contribution in [0.25, 0.3) is 0 Å². The lowest BCUT2D eigenvalue weighted by Crippen LogP contribution is -2.58. The normalized spacial score (nSPS) is 31.1. The van der Waals surface area contributed by atoms with E-state index < -0.39 is 36.2 Å². The summed E-state index contributed by atoms with van der Waals surface area (Å²) < 4.78 is 56.4. The minimum Gasteiger partial charge on any atom is -0.497 e. The molecule has 0 aliphatic carbocycles. The summed E-state index contributed by atoms with van der Waals surface area (Å²) in [4.78, 5) is 13.3. The smallest absolute Gasteiger partial charge is 0.338 e. The van der Waals surface area contributed by atoms with Gasteiger partial charge >= 0.3 is 5.97 Å². The minimum absolute atomic E-state index is 0.138. The van der Waals surface area contributed by atoms with E-state index in [9.17, 15) is 4.79 Å². The van der Waals surface area contributed by atoms with Crippen LogP contribution in [0, 0.1) is 11.8 Å². The Morgan fingerprint density at radius 2 is 1.38 bits per heavy atom. The summed E-state index contributed by atoms with van der Waals surface area (Å²) in [5, 5.41) is 0. The second-order valence-electron chi connectivity index (χ2n) is 14.7. The number of carbonyl (C=O) groups excluding carboxylic acids is 1. The molecule has 0 spiro atoms. The highest BCUT2D eigenvalue weighted by Crippen LogP contribution is 2.40. The quantitative estimate of drug-likeness (QED) is 0.124. The fourth-order valence-electron chi connectivity index (χ4n) is 7.64. The summed E-state index contributed by atoms with van der Waals surface area (Å²) in [5.74, 6) is 0.330. The second-order valence-corrected chi connectivity index (χ2v) is 14.7. The number of carbonyl (C=O) groups is 1. The highest BCUT2D eigenvalue weighted by Gasteiger charge is 2.50. The molecule has 6 rings (SSSR count). The van der Waals surface area contributed by atoms with Gasteiger partial charge < -0.3 is 42.6 Å². The van der Waals surface area contributed by atoms with Crippen LogP contribution in [0.3, 0.4) is 0 Å². The Kier molecular flexibility index (Phi) is 12.9. The van der Waals surface area contributed by atoms with Crippen molar-refractivity contribution in [3.63, 3.8) is 0 Å². The lowest BCUT2D eigenvalue weighted by molar-refractivity contribution is -0.239. The molecule has 3 aliphatic heterocycles. The Morgan fingerprint density at radius 1 is 0.792 bits per heavy atom. The van der Waals surface area contributed by atoms with Gasteiger partial charge in [0.05, 0.1) is 70.1 Å². The minimum atomic E-state index is -0.680. The van der Waals surface area contributed by atoms with Crippen molar-refractivity contribution >= 4 is 5.97 Å². The topological polar surface area (TPSA) is 100 Å². The van der Waals surface area contributed by atoms with Gasteiger partial charge in [0.2, 0.25) is 0 Å². The van der Waals surface area contributed by atoms with Gasteiger partial charge in [-0.25, -0.2) is 4.79 Å². The first-order valence-electron chi connectivity index (χ1n) is 18.6. The molecule has 286 valence electrons. The molecule has 3 aromatic rings. The summed E-state index contributed by atoms with van der Waals surface area (Å²) in [6.45, 7) is 13.4. The molecular weight excluding hydrogens is 676 g/mol. The van der Waals surface area contributed by atoms with E-state index in [1.165, 1.54) is 0 Å². The van der Waals surface area contributed by atoms with Crippen molar-refractivity contribution in [1.29, 1.82) is 0 Å². The molecule has 0 radical (unpaired) electrons. The fourth-order valence-corrected chi connectivity index (χ4v) is 7.64. The molecular formula is C43H54O10. The number of hydrogen-bond donors (Lipinski definition) is 0. The Bertz CT molecular complexity index is 1610. The third-order valence-corrected chi connectivity index (χ3v) is 10.5. The van der Waals surface area contributed by atoms with E-state index in [-0.39, 0.29) is 36.3 Å². The van der Waals surface area contributed by atoms with Crippen LogP contribution in [-0.2, 0) is 46.4 Å². The van der Waals surface area contributed by atoms with E-state index in [1.54, 1.807) is 32.4 Å². The molecule has 0 bridgehead atoms. The van der Waals surface area contributed by atoms with Gasteiger partial charge in [0.1, 0.15) is 29.8 Å². The standard InChI is InChI=1S/C43H54O10/c1-8-34-41(52-42(44)31-12-10-9-11-13-31)28(3)40(48-25-30-16-20-33(46-7)21-17-30)37(50-34)23-36-39(47-24-29-14-18-32(45-6)19-15-29)27(2)22-35(51-36)38-26-49-43(4,5)53-38/h8-21,27-28,34-41H,1,22-26H2,2-7H3/t27-,28-,34+,35-,36-,37+,38-,39+,40-,41+/m1/s1. The Morgan fingerprint density at radius 3 is 1.92 bits per heavy atom. The Balaban J connectivity index is 1.26. The lowest BCUT2D eigenvalue weighted by atomic mass is 9.81. The molecule has 0 amide bonds. The summed E-state index contributed by atoms with van der Waals surface area (Å²) in [7, 11) is 3.30. The lowest BCUT2D eigenvalue weighted by Gasteiger charge is -2.48. The van der Waals surface area contributed by atoms with Crippen LogP contribution in [0.2, 0.25) is 0 Å². The first kappa shape index (κ1) is 38.9. The molecule has 3 aromatic carbocycles. The van der Waals surface area contributed by atoms with E-state index in [0.717, 1.165) is 29.0 Å². The van der Waals surface area contributed by atoms with E-state index in [4.69, 9.17) is 42.6 Å². The summed E-state index contributed by atoms with van der Waals surface area (Å²) in [6, 6.07) is 24.6. The second kappa shape index (κ2) is 17.6. The van der Waals surface area contributed by atoms with Crippen molar-refractivity contribution in [2.24, 2.45) is 11.8 Å². The van der Waals surface area contributed by atoms with Crippen LogP contribution in [0.4, 0.5) is 0 Å². The number of ether oxygens (including phenoxy) is 9. The molecule has 0 N–H and O–H groups in total. The number of esters is 1. The molecule has 53 heavy (non-hydrogen) atoms. The zero-order valence-corrected chi connectivity index (χ0v) is 31.7. The van der Waals surface area contributed by atoms with Crippen molar-refractivity contribution in [3.8, 4) is 11.5 Å². The SMILES string of the molecule is C=C[C@@H]1O[C@@H](C[C@H]2O[C@@H]([C@H]3COC(C)(C)O3)C[C@@H](C)[C@@H]2OCc2ccc(OC)cc2)[C@H](OCc2ccc(OC)cc2)[C@@H](C)[C@@H]1OC(=O)c1ccccc1. The third kappa shape index (κ3) is 9.67. The van der Waals surface area contributed by atoms with Crippen molar-refractivity contribution in [3.05, 3.63) is 108 Å². The predicted molar refractivity (Wildman–Crippen MR) is 199 cm³/mol. The molecule has 3 aliphatic rings. The predicted octanol–water partition coefficient (Wildman–Crippen LogP) is 7.32. The number of rotatable bonds is 14. The third-order valence-electron chi connectivity index (χ3n) is 10.5. The molecule has 3 fully saturated rings. The van der Waals surface area contributed by atoms with Gasteiger partial charge in [-0.1, -0.05) is 62.4 Å². The van der Waals surface area contributed by atoms with Crippen molar-refractivity contribution in [2.75, 3.05) is 20.8 Å². The van der Waals surface area contributed by atoms with Gasteiger partial charge in [-0.3, -0.25) is 0 Å². The van der Waals surface area contributed by atoms with Crippen molar-refractivity contribution in [1.82, 2.24) is 0 Å². The van der Waals surface area contributed by atoms with Gasteiger partial charge in [-0.15, -0.1) is 6.58 Å². The maximum Gasteiger partial charge on any atom is 0.338 e. The van der Waals surface area contributed by atoms with Crippen LogP contribution < -0.4 is 9.47 Å². The summed E-state index contributed by atoms with van der Waals surface area (Å²) in [5.41, 5.74) is 2.48. The zero-order valence-electron chi connectivity index (χ0n) is 31.7. The zero-order chi connectivity index (χ0) is 37.5. The van der Waals surface area contributed by atoms with Crippen LogP contribution in [0.1, 0.15) is 62.0 Å². The first-order valence-corrected chi connectivity index (χ1v) is 18.6. The van der Waals surface area contributed by atoms with Crippen LogP contribution in [-0.4, -0.2) is 81.4 Å². The van der Waals surface area contributed by atoms with Gasteiger partial charge in [-0.2, -0.15) is 0 Å². The van der Waals surface area contributed by atoms with E-state index in [0.29, 0.717) is 31.8 Å². The molecule has 10 nitrogen and oxygen atoms in total. The van der Waals surface area contributed by atoms with Gasteiger partial charge in [0, 0.05) is 12.3 Å². The highest BCUT2D eigenvalue weighted by atomic mass is 16.8. The van der Waals surface area contributed by atoms with Gasteiger partial charge in [0.25, 0.3) is 0 Å². The van der Waals surface area contributed by atoms with Crippen LogP contribution in [0.5, 0.6) is 11.5 Å². The number of benzene rings is 3. The average Bonchev–Trinajstić information content (AvgIpc) is 3.55. The Hall–Kier alpha value is -3.77. The average molecular weight is 731 g/mol. The summed E-state index contributed by atoms with van der Waals surface area (Å²) in [6.07, 6.45) is -0.231. The van der Waals surface area contributed by atoms with E-state index in [2.05, 4.69) is 13.5 Å². The Labute approximate surface area is 313 Å². The van der Waals surface area contributed by atoms with E-state index in [1.807, 2.05) is 87.5 Å². The van der Waals surface area contributed by atoms with Crippen LogP contribution in [0.15, 0.2) is 91.5 Å². The maximum absolute atomic E-state index is 13.3. The molecule has 10 heteroatoms. The van der Waals surface area contributed by atoms with Crippen LogP contribution >= 0.6 is 0 Å². The van der Waals surface area contributed by atoms with Crippen molar-refractivity contribution in [2.45, 2.75) is 108 Å². The maximum atomic E-state index is 13.3. The molecule has 0 aromatic heterocycles. The monoisotopic (exact) mass is 730 g/mol. The van der Waals surface area contributed by atoms with Crippen molar-refractivity contribution < 1.29 is 47.4 Å². The molecule has 0 unspecified atom stereocenters. The fraction of sp³-hybridized carbons (Fsp3) is 0.512. The molecule has 3 heterocycles. The van der Waals surface area contributed by atoms with Gasteiger partial charge in [-0.05, 0) is 73.7 Å². The summed E-state index contributed by atoms with van der Waals surface area (Å²) >= 11 is 0. The number of hydrogen-bond acceptors (Lipinski definition) is 10. The molecule has 0 saturated carbocycles. The molecule has 3 saturated heterocycles. The largest absolute Gasteiger partial charge is 0.497 e.